The van der Waals surface area contributed by atoms with Crippen molar-refractivity contribution in [2.45, 2.75) is 38.1 Å². The SMILES string of the molecule is C[C@@H](NC(=O)C1CC1c1ccc(OCc2ccccn2)cc1)c1ccc(OCC(F)(F)F)cn1. The van der Waals surface area contributed by atoms with E-state index in [0.717, 1.165) is 23.4 Å². The number of alkyl halides is 3. The molecule has 3 atom stereocenters. The molecule has 0 bridgehead atoms. The van der Waals surface area contributed by atoms with Gasteiger partial charge in [0.1, 0.15) is 18.1 Å². The second kappa shape index (κ2) is 10.1. The van der Waals surface area contributed by atoms with Crippen LogP contribution in [0.25, 0.3) is 0 Å². The Balaban J connectivity index is 1.25. The lowest BCUT2D eigenvalue weighted by Gasteiger charge is -2.14. The van der Waals surface area contributed by atoms with Crippen molar-refractivity contribution in [1.29, 1.82) is 0 Å². The lowest BCUT2D eigenvalue weighted by Crippen LogP contribution is -2.29. The first-order valence-electron chi connectivity index (χ1n) is 10.9. The summed E-state index contributed by atoms with van der Waals surface area (Å²) in [6.45, 7) is 0.790. The molecule has 1 amide bonds. The average molecular weight is 471 g/mol. The van der Waals surface area contributed by atoms with Crippen molar-refractivity contribution in [3.63, 3.8) is 0 Å². The number of carbonyl (C=O) groups excluding carboxylic acids is 1. The van der Waals surface area contributed by atoms with Gasteiger partial charge in [0.05, 0.1) is 23.6 Å². The van der Waals surface area contributed by atoms with E-state index >= 15 is 0 Å². The van der Waals surface area contributed by atoms with Crippen LogP contribution in [0.3, 0.4) is 0 Å². The lowest BCUT2D eigenvalue weighted by molar-refractivity contribution is -0.153. The molecule has 3 aromatic rings. The van der Waals surface area contributed by atoms with Gasteiger partial charge in [0, 0.05) is 12.1 Å². The number of hydrogen-bond acceptors (Lipinski definition) is 5. The van der Waals surface area contributed by atoms with Crippen LogP contribution in [0.2, 0.25) is 0 Å². The van der Waals surface area contributed by atoms with E-state index in [4.69, 9.17) is 4.74 Å². The van der Waals surface area contributed by atoms with Gasteiger partial charge in [-0.05, 0) is 61.2 Å². The Morgan fingerprint density at radius 2 is 1.82 bits per heavy atom. The van der Waals surface area contributed by atoms with Crippen LogP contribution in [-0.2, 0) is 11.4 Å². The standard InChI is InChI=1S/C25H24F3N3O3/c1-16(23-10-9-20(13-30-23)34-15-25(26,27)28)31-24(32)22-12-21(22)17-5-7-19(8-6-17)33-14-18-4-2-3-11-29-18/h2-11,13,16,21-22H,12,14-15H2,1H3,(H,31,32)/t16-,21?,22?/m1/s1. The monoisotopic (exact) mass is 471 g/mol. The number of rotatable bonds is 9. The first-order chi connectivity index (χ1) is 16.3. The molecule has 1 aromatic carbocycles. The Morgan fingerprint density at radius 3 is 2.47 bits per heavy atom. The van der Waals surface area contributed by atoms with Crippen molar-refractivity contribution in [1.82, 2.24) is 15.3 Å². The third-order valence-electron chi connectivity index (χ3n) is 5.51. The van der Waals surface area contributed by atoms with Gasteiger partial charge >= 0.3 is 6.18 Å². The third kappa shape index (κ3) is 6.46. The zero-order chi connectivity index (χ0) is 24.1. The fraction of sp³-hybridized carbons (Fsp3) is 0.320. The molecule has 1 saturated carbocycles. The minimum Gasteiger partial charge on any atom is -0.487 e. The van der Waals surface area contributed by atoms with E-state index in [0.29, 0.717) is 12.3 Å². The zero-order valence-corrected chi connectivity index (χ0v) is 18.5. The molecule has 6 nitrogen and oxygen atoms in total. The van der Waals surface area contributed by atoms with Crippen LogP contribution >= 0.6 is 0 Å². The van der Waals surface area contributed by atoms with E-state index in [2.05, 4.69) is 20.0 Å². The molecule has 1 aliphatic rings. The predicted octanol–water partition coefficient (Wildman–Crippen LogP) is 4.98. The summed E-state index contributed by atoms with van der Waals surface area (Å²) in [6.07, 6.45) is -0.710. The van der Waals surface area contributed by atoms with Crippen LogP contribution in [0.1, 0.15) is 42.3 Å². The molecule has 2 aromatic heterocycles. The highest BCUT2D eigenvalue weighted by atomic mass is 19.4. The molecule has 0 aliphatic heterocycles. The predicted molar refractivity (Wildman–Crippen MR) is 118 cm³/mol. The first-order valence-corrected chi connectivity index (χ1v) is 10.9. The number of aromatic nitrogens is 2. The fourth-order valence-corrected chi connectivity index (χ4v) is 3.60. The number of carbonyl (C=O) groups is 1. The third-order valence-corrected chi connectivity index (χ3v) is 5.51. The molecule has 1 fully saturated rings. The van der Waals surface area contributed by atoms with Crippen molar-refractivity contribution in [2.75, 3.05) is 6.61 Å². The molecule has 2 unspecified atom stereocenters. The van der Waals surface area contributed by atoms with Crippen molar-refractivity contribution in [3.05, 3.63) is 83.9 Å². The number of amides is 1. The van der Waals surface area contributed by atoms with Crippen molar-refractivity contribution in [2.24, 2.45) is 5.92 Å². The van der Waals surface area contributed by atoms with Crippen LogP contribution in [0.5, 0.6) is 11.5 Å². The Morgan fingerprint density at radius 1 is 1.06 bits per heavy atom. The highest BCUT2D eigenvalue weighted by Gasteiger charge is 2.44. The summed E-state index contributed by atoms with van der Waals surface area (Å²) in [5, 5.41) is 2.93. The topological polar surface area (TPSA) is 73.3 Å². The molecular weight excluding hydrogens is 447 g/mol. The quantitative estimate of drug-likeness (QED) is 0.477. The van der Waals surface area contributed by atoms with E-state index in [1.165, 1.54) is 12.3 Å². The molecule has 2 heterocycles. The number of nitrogens with zero attached hydrogens (tertiary/aromatic N) is 2. The summed E-state index contributed by atoms with van der Waals surface area (Å²) in [6, 6.07) is 15.9. The Kier molecular flexibility index (Phi) is 7.00. The van der Waals surface area contributed by atoms with Gasteiger partial charge in [-0.2, -0.15) is 13.2 Å². The largest absolute Gasteiger partial charge is 0.487 e. The number of ether oxygens (including phenoxy) is 2. The van der Waals surface area contributed by atoms with Crippen molar-refractivity contribution in [3.8, 4) is 11.5 Å². The van der Waals surface area contributed by atoms with Crippen molar-refractivity contribution < 1.29 is 27.4 Å². The highest BCUT2D eigenvalue weighted by molar-refractivity contribution is 5.83. The molecule has 4 rings (SSSR count). The first kappa shape index (κ1) is 23.5. The average Bonchev–Trinajstić information content (AvgIpc) is 3.63. The number of hydrogen-bond donors (Lipinski definition) is 1. The molecule has 9 heteroatoms. The van der Waals surface area contributed by atoms with Gasteiger partial charge in [0.15, 0.2) is 6.61 Å². The van der Waals surface area contributed by atoms with E-state index < -0.39 is 12.8 Å². The number of nitrogens with one attached hydrogen (secondary N) is 1. The maximum Gasteiger partial charge on any atom is 0.422 e. The van der Waals surface area contributed by atoms with Gasteiger partial charge in [-0.15, -0.1) is 0 Å². The minimum atomic E-state index is -4.41. The summed E-state index contributed by atoms with van der Waals surface area (Å²) >= 11 is 0. The lowest BCUT2D eigenvalue weighted by atomic mass is 10.1. The Labute approximate surface area is 195 Å². The second-order valence-corrected chi connectivity index (χ2v) is 8.18. The van der Waals surface area contributed by atoms with E-state index in [-0.39, 0.29) is 29.5 Å². The van der Waals surface area contributed by atoms with Gasteiger partial charge < -0.3 is 14.8 Å². The maximum absolute atomic E-state index is 12.7. The van der Waals surface area contributed by atoms with Gasteiger partial charge in [-0.25, -0.2) is 0 Å². The number of benzene rings is 1. The fourth-order valence-electron chi connectivity index (χ4n) is 3.60. The molecule has 1 N–H and O–H groups in total. The van der Waals surface area contributed by atoms with E-state index in [9.17, 15) is 18.0 Å². The maximum atomic E-state index is 12.7. The van der Waals surface area contributed by atoms with Gasteiger partial charge in [0.2, 0.25) is 5.91 Å². The molecule has 178 valence electrons. The summed E-state index contributed by atoms with van der Waals surface area (Å²) < 4.78 is 47.1. The molecule has 0 saturated heterocycles. The smallest absolute Gasteiger partial charge is 0.422 e. The van der Waals surface area contributed by atoms with Gasteiger partial charge in [0.25, 0.3) is 0 Å². The van der Waals surface area contributed by atoms with Gasteiger partial charge in [-0.1, -0.05) is 18.2 Å². The Hall–Kier alpha value is -3.62. The van der Waals surface area contributed by atoms with Crippen LogP contribution in [0, 0.1) is 5.92 Å². The normalized spacial score (nSPS) is 18.1. The summed E-state index contributed by atoms with van der Waals surface area (Å²) in [4.78, 5) is 21.0. The number of pyridine rings is 2. The van der Waals surface area contributed by atoms with Crippen LogP contribution in [0.4, 0.5) is 13.2 Å². The van der Waals surface area contributed by atoms with Crippen LogP contribution < -0.4 is 14.8 Å². The summed E-state index contributed by atoms with van der Waals surface area (Å²) in [7, 11) is 0. The van der Waals surface area contributed by atoms with Crippen LogP contribution in [-0.4, -0.2) is 28.7 Å². The molecule has 0 spiro atoms. The van der Waals surface area contributed by atoms with Crippen LogP contribution in [0.15, 0.2) is 67.0 Å². The molecule has 0 radical (unpaired) electrons. The van der Waals surface area contributed by atoms with E-state index in [1.54, 1.807) is 19.2 Å². The molecular formula is C25H24F3N3O3. The molecule has 34 heavy (non-hydrogen) atoms. The van der Waals surface area contributed by atoms with Crippen molar-refractivity contribution >= 4 is 5.91 Å². The number of halogens is 3. The van der Waals surface area contributed by atoms with E-state index in [1.807, 2.05) is 42.5 Å². The minimum absolute atomic E-state index is 0.0225. The van der Waals surface area contributed by atoms with Gasteiger partial charge in [-0.3, -0.25) is 14.8 Å². The highest BCUT2D eigenvalue weighted by Crippen LogP contribution is 2.48. The second-order valence-electron chi connectivity index (χ2n) is 8.18. The summed E-state index contributed by atoms with van der Waals surface area (Å²) in [5.74, 6) is 0.695. The summed E-state index contributed by atoms with van der Waals surface area (Å²) in [5.41, 5.74) is 2.46. The Bertz CT molecular complexity index is 1090. The zero-order valence-electron chi connectivity index (χ0n) is 18.5. The molecule has 1 aliphatic carbocycles.